The third-order valence-electron chi connectivity index (χ3n) is 5.95. The minimum Gasteiger partial charge on any atom is -0.442 e. The molecule has 0 heterocycles. The van der Waals surface area contributed by atoms with Gasteiger partial charge < -0.3 is 9.64 Å². The predicted molar refractivity (Wildman–Crippen MR) is 146 cm³/mol. The molecule has 0 bridgehead atoms. The number of anilines is 3. The Kier molecular flexibility index (Phi) is 7.25. The van der Waals surface area contributed by atoms with Gasteiger partial charge in [0.25, 0.3) is 11.4 Å². The number of rotatable bonds is 8. The highest BCUT2D eigenvalue weighted by atomic mass is 16.6. The molecule has 0 saturated carbocycles. The van der Waals surface area contributed by atoms with Crippen LogP contribution in [0, 0.1) is 30.3 Å². The molecule has 4 aromatic rings. The third kappa shape index (κ3) is 5.67. The summed E-state index contributed by atoms with van der Waals surface area (Å²) in [6.45, 7) is 6.07. The van der Waals surface area contributed by atoms with Gasteiger partial charge in [0, 0.05) is 11.4 Å². The fourth-order valence-corrected chi connectivity index (χ4v) is 4.00. The van der Waals surface area contributed by atoms with Crippen molar-refractivity contribution in [3.05, 3.63) is 127 Å². The molecule has 0 fully saturated rings. The molecule has 198 valence electrons. The Bertz CT molecular complexity index is 1480. The second-order valence-electron chi connectivity index (χ2n) is 9.63. The van der Waals surface area contributed by atoms with Crippen molar-refractivity contribution < 1.29 is 19.5 Å². The van der Waals surface area contributed by atoms with Crippen LogP contribution in [0.15, 0.2) is 91.0 Å². The highest BCUT2D eigenvalue weighted by Crippen LogP contribution is 2.48. The van der Waals surface area contributed by atoms with E-state index >= 15 is 0 Å². The zero-order valence-corrected chi connectivity index (χ0v) is 21.3. The molecule has 0 saturated heterocycles. The van der Waals surface area contributed by atoms with Crippen molar-refractivity contribution in [1.29, 1.82) is 0 Å². The van der Waals surface area contributed by atoms with E-state index in [-0.39, 0.29) is 11.2 Å². The molecule has 0 atom stereocenters. The minimum absolute atomic E-state index is 0.0794. The van der Waals surface area contributed by atoms with Crippen LogP contribution in [-0.2, 0) is 5.41 Å². The summed E-state index contributed by atoms with van der Waals surface area (Å²) in [7, 11) is 0. The maximum atomic E-state index is 11.9. The van der Waals surface area contributed by atoms with Gasteiger partial charge in [-0.1, -0.05) is 63.2 Å². The summed E-state index contributed by atoms with van der Waals surface area (Å²) in [6, 6.07) is 25.1. The number of para-hydroxylation sites is 2. The highest BCUT2D eigenvalue weighted by molar-refractivity contribution is 5.81. The van der Waals surface area contributed by atoms with Crippen LogP contribution in [0.5, 0.6) is 11.5 Å². The van der Waals surface area contributed by atoms with E-state index < -0.39 is 37.6 Å². The van der Waals surface area contributed by atoms with Crippen LogP contribution in [0.4, 0.5) is 34.1 Å². The van der Waals surface area contributed by atoms with Crippen LogP contribution in [0.25, 0.3) is 0 Å². The van der Waals surface area contributed by atoms with E-state index in [1.807, 2.05) is 92.4 Å². The fourth-order valence-electron chi connectivity index (χ4n) is 4.00. The van der Waals surface area contributed by atoms with Gasteiger partial charge >= 0.3 is 11.4 Å². The number of hydrogen-bond donors (Lipinski definition) is 0. The fraction of sp³-hybridized carbons (Fsp3) is 0.143. The lowest BCUT2D eigenvalue weighted by atomic mass is 9.86. The molecule has 0 aliphatic rings. The van der Waals surface area contributed by atoms with E-state index in [1.165, 1.54) is 0 Å². The molecular formula is C28H24N4O7. The van der Waals surface area contributed by atoms with Crippen molar-refractivity contribution in [1.82, 2.24) is 0 Å². The predicted octanol–water partition coefficient (Wildman–Crippen LogP) is 7.97. The van der Waals surface area contributed by atoms with E-state index in [0.717, 1.165) is 16.9 Å². The number of non-ortho nitro benzene ring substituents is 1. The van der Waals surface area contributed by atoms with Crippen molar-refractivity contribution in [3.63, 3.8) is 0 Å². The zero-order chi connectivity index (χ0) is 28.3. The van der Waals surface area contributed by atoms with Gasteiger partial charge in [0.05, 0.1) is 32.6 Å². The minimum atomic E-state index is -0.940. The average molecular weight is 529 g/mol. The lowest BCUT2D eigenvalue weighted by Crippen LogP contribution is -2.15. The smallest absolute Gasteiger partial charge is 0.325 e. The molecule has 11 nitrogen and oxygen atoms in total. The second-order valence-corrected chi connectivity index (χ2v) is 9.63. The molecule has 11 heteroatoms. The quantitative estimate of drug-likeness (QED) is 0.165. The molecular weight excluding hydrogens is 504 g/mol. The summed E-state index contributed by atoms with van der Waals surface area (Å²) in [5, 5.41) is 35.1. The lowest BCUT2D eigenvalue weighted by Gasteiger charge is -2.29. The van der Waals surface area contributed by atoms with Gasteiger partial charge in [0.1, 0.15) is 0 Å². The molecule has 0 aliphatic heterocycles. The van der Waals surface area contributed by atoms with Crippen molar-refractivity contribution in [2.75, 3.05) is 4.90 Å². The largest absolute Gasteiger partial charge is 0.442 e. The van der Waals surface area contributed by atoms with Gasteiger partial charge in [-0.3, -0.25) is 30.3 Å². The molecule has 4 rings (SSSR count). The van der Waals surface area contributed by atoms with Crippen LogP contribution in [-0.4, -0.2) is 14.8 Å². The van der Waals surface area contributed by atoms with Crippen molar-refractivity contribution >= 4 is 34.1 Å². The number of ether oxygens (including phenoxy) is 1. The lowest BCUT2D eigenvalue weighted by molar-refractivity contribution is -0.404. The monoisotopic (exact) mass is 528 g/mol. The molecule has 0 spiro atoms. The van der Waals surface area contributed by atoms with Gasteiger partial charge in [-0.05, 0) is 47.4 Å². The first-order valence-electron chi connectivity index (χ1n) is 11.8. The normalized spacial score (nSPS) is 11.1. The Balaban J connectivity index is 2.01. The summed E-state index contributed by atoms with van der Waals surface area (Å²) < 4.78 is 5.97. The Hall–Kier alpha value is -5.32. The zero-order valence-electron chi connectivity index (χ0n) is 21.3. The van der Waals surface area contributed by atoms with Crippen LogP contribution in [0.2, 0.25) is 0 Å². The van der Waals surface area contributed by atoms with Gasteiger partial charge in [0.2, 0.25) is 0 Å². The molecule has 0 aliphatic carbocycles. The van der Waals surface area contributed by atoms with Crippen LogP contribution in [0.3, 0.4) is 0 Å². The molecule has 4 aromatic carbocycles. The summed E-state index contributed by atoms with van der Waals surface area (Å²) in [5.74, 6) is -0.628. The standard InChI is InChI=1S/C28H24N4O7/c1-28(2,3)19-14-15-26(39-27-24(31(35)36)17-22(30(33)34)18-25(27)32(37)38)23(16-19)29(20-10-6-4-7-11-20)21-12-8-5-9-13-21/h4-18H,1-3H3. The van der Waals surface area contributed by atoms with Crippen LogP contribution >= 0.6 is 0 Å². The molecule has 39 heavy (non-hydrogen) atoms. The second kappa shape index (κ2) is 10.6. The van der Waals surface area contributed by atoms with E-state index in [2.05, 4.69) is 0 Å². The molecule has 0 N–H and O–H groups in total. The van der Waals surface area contributed by atoms with E-state index in [9.17, 15) is 30.3 Å². The first kappa shape index (κ1) is 26.7. The molecule has 0 amide bonds. The Morgan fingerprint density at radius 3 is 1.56 bits per heavy atom. The van der Waals surface area contributed by atoms with Crippen molar-refractivity contribution in [2.45, 2.75) is 26.2 Å². The number of nitrogens with zero attached hydrogens (tertiary/aromatic N) is 4. The van der Waals surface area contributed by atoms with E-state index in [0.29, 0.717) is 17.8 Å². The van der Waals surface area contributed by atoms with Gasteiger partial charge in [-0.2, -0.15) is 0 Å². The Morgan fingerprint density at radius 1 is 0.667 bits per heavy atom. The summed E-state index contributed by atoms with van der Waals surface area (Å²) in [5.41, 5.74) is -0.0204. The Labute approximate surface area is 223 Å². The SMILES string of the molecule is CC(C)(C)c1ccc(Oc2c([N+](=O)[O-])cc([N+](=O)[O-])cc2[N+](=O)[O-])c(N(c2ccccc2)c2ccccc2)c1. The first-order valence-corrected chi connectivity index (χ1v) is 11.8. The third-order valence-corrected chi connectivity index (χ3v) is 5.95. The summed E-state index contributed by atoms with van der Waals surface area (Å²) in [4.78, 5) is 34.1. The number of hydrogen-bond acceptors (Lipinski definition) is 8. The highest BCUT2D eigenvalue weighted by Gasteiger charge is 2.34. The first-order chi connectivity index (χ1) is 18.5. The molecule has 0 unspecified atom stereocenters. The molecule has 0 radical (unpaired) electrons. The Morgan fingerprint density at radius 2 is 1.15 bits per heavy atom. The van der Waals surface area contributed by atoms with E-state index in [4.69, 9.17) is 4.74 Å². The number of nitro groups is 3. The van der Waals surface area contributed by atoms with Crippen LogP contribution in [0.1, 0.15) is 26.3 Å². The van der Waals surface area contributed by atoms with Crippen molar-refractivity contribution in [2.24, 2.45) is 0 Å². The number of benzene rings is 4. The van der Waals surface area contributed by atoms with Gasteiger partial charge in [-0.25, -0.2) is 0 Å². The number of nitro benzene ring substituents is 3. The summed E-state index contributed by atoms with van der Waals surface area (Å²) >= 11 is 0. The van der Waals surface area contributed by atoms with Gasteiger partial charge in [0.15, 0.2) is 5.75 Å². The maximum absolute atomic E-state index is 11.9. The van der Waals surface area contributed by atoms with Gasteiger partial charge in [-0.15, -0.1) is 0 Å². The average Bonchev–Trinajstić information content (AvgIpc) is 2.90. The topological polar surface area (TPSA) is 142 Å². The molecule has 0 aromatic heterocycles. The maximum Gasteiger partial charge on any atom is 0.325 e. The van der Waals surface area contributed by atoms with Crippen molar-refractivity contribution in [3.8, 4) is 11.5 Å². The summed E-state index contributed by atoms with van der Waals surface area (Å²) in [6.07, 6.45) is 0. The van der Waals surface area contributed by atoms with Crippen LogP contribution < -0.4 is 9.64 Å². The van der Waals surface area contributed by atoms with E-state index in [1.54, 1.807) is 12.1 Å².